The molecule has 1 unspecified atom stereocenters. The topological polar surface area (TPSA) is 78.5 Å². The van der Waals surface area contributed by atoms with Gasteiger partial charge in [-0.2, -0.15) is 0 Å². The van der Waals surface area contributed by atoms with Crippen LogP contribution in [0.2, 0.25) is 0 Å². The van der Waals surface area contributed by atoms with Gasteiger partial charge in [-0.3, -0.25) is 9.69 Å². The normalized spacial score (nSPS) is 14.8. The van der Waals surface area contributed by atoms with Gasteiger partial charge >= 0.3 is 0 Å². The number of H-pyrrole nitrogens is 1. The molecule has 0 fully saturated rings. The van der Waals surface area contributed by atoms with Crippen molar-refractivity contribution >= 4 is 21.6 Å². The lowest BCUT2D eigenvalue weighted by atomic mass is 9.97. The molecule has 0 saturated heterocycles. The molecule has 4 rings (SSSR count). The van der Waals surface area contributed by atoms with Gasteiger partial charge in [-0.05, 0) is 49.8 Å². The van der Waals surface area contributed by atoms with Crippen LogP contribution in [0.15, 0.2) is 35.1 Å². The number of hydrogen-bond donors (Lipinski definition) is 2. The van der Waals surface area contributed by atoms with Crippen LogP contribution in [0.1, 0.15) is 48.0 Å². The van der Waals surface area contributed by atoms with Crippen molar-refractivity contribution in [3.05, 3.63) is 62.5 Å². The molecule has 7 heteroatoms. The van der Waals surface area contributed by atoms with Crippen molar-refractivity contribution in [1.29, 1.82) is 0 Å². The summed E-state index contributed by atoms with van der Waals surface area (Å²) < 4.78 is 5.69. The van der Waals surface area contributed by atoms with E-state index in [4.69, 9.17) is 9.72 Å². The van der Waals surface area contributed by atoms with E-state index in [-0.39, 0.29) is 12.2 Å². The Morgan fingerprint density at radius 3 is 2.87 bits per heavy atom. The smallest absolute Gasteiger partial charge is 0.259 e. The molecule has 166 valence electrons. The Morgan fingerprint density at radius 1 is 1.26 bits per heavy atom. The second-order valence-electron chi connectivity index (χ2n) is 8.29. The van der Waals surface area contributed by atoms with Crippen LogP contribution in [0.5, 0.6) is 0 Å². The molecule has 1 atom stereocenters. The molecule has 0 radical (unpaired) electrons. The van der Waals surface area contributed by atoms with E-state index < -0.39 is 6.10 Å². The molecule has 6 nitrogen and oxygen atoms in total. The van der Waals surface area contributed by atoms with Gasteiger partial charge in [0, 0.05) is 11.4 Å². The van der Waals surface area contributed by atoms with E-state index in [9.17, 15) is 9.90 Å². The van der Waals surface area contributed by atoms with Crippen LogP contribution >= 0.6 is 11.3 Å². The van der Waals surface area contributed by atoms with Crippen molar-refractivity contribution < 1.29 is 9.84 Å². The van der Waals surface area contributed by atoms with E-state index in [1.807, 2.05) is 30.3 Å². The third kappa shape index (κ3) is 5.60. The molecule has 2 heterocycles. The zero-order valence-electron chi connectivity index (χ0n) is 18.1. The Hall–Kier alpha value is -2.06. The number of aromatic nitrogens is 2. The maximum Gasteiger partial charge on any atom is 0.259 e. The molecule has 1 aliphatic rings. The quantitative estimate of drug-likeness (QED) is 0.502. The molecular formula is C24H31N3O3S. The Labute approximate surface area is 186 Å². The highest BCUT2D eigenvalue weighted by Gasteiger charge is 2.20. The van der Waals surface area contributed by atoms with Crippen LogP contribution in [0.25, 0.3) is 10.2 Å². The number of nitrogens with one attached hydrogen (secondary N) is 1. The number of ether oxygens (including phenoxy) is 1. The molecule has 0 bridgehead atoms. The minimum absolute atomic E-state index is 0.0254. The highest BCUT2D eigenvalue weighted by atomic mass is 32.1. The van der Waals surface area contributed by atoms with E-state index in [1.165, 1.54) is 16.9 Å². The van der Waals surface area contributed by atoms with Gasteiger partial charge in [-0.15, -0.1) is 11.3 Å². The van der Waals surface area contributed by atoms with Crippen LogP contribution in [-0.2, 0) is 30.7 Å². The van der Waals surface area contributed by atoms with Gasteiger partial charge in [-0.25, -0.2) is 4.98 Å². The number of aryl methyl sites for hydroxylation is 2. The van der Waals surface area contributed by atoms with E-state index in [1.54, 1.807) is 11.3 Å². The SMILES string of the molecule is CCCN(Cc1nc2sc3c(c2c(=O)[nH]1)CCCC3)CC(O)COCc1ccccc1. The van der Waals surface area contributed by atoms with Crippen molar-refractivity contribution in [2.24, 2.45) is 0 Å². The lowest BCUT2D eigenvalue weighted by Gasteiger charge is -2.24. The fraction of sp³-hybridized carbons (Fsp3) is 0.500. The summed E-state index contributed by atoms with van der Waals surface area (Å²) in [6.45, 7) is 4.68. The summed E-state index contributed by atoms with van der Waals surface area (Å²) in [7, 11) is 0. The first-order valence-electron chi connectivity index (χ1n) is 11.2. The third-order valence-corrected chi connectivity index (χ3v) is 6.86. The molecule has 0 saturated carbocycles. The van der Waals surface area contributed by atoms with Crippen LogP contribution in [0.3, 0.4) is 0 Å². The Kier molecular flexibility index (Phi) is 7.50. The summed E-state index contributed by atoms with van der Waals surface area (Å²) in [5.74, 6) is 0.668. The van der Waals surface area contributed by atoms with E-state index in [2.05, 4.69) is 16.8 Å². The number of nitrogens with zero attached hydrogens (tertiary/aromatic N) is 2. The predicted molar refractivity (Wildman–Crippen MR) is 125 cm³/mol. The van der Waals surface area contributed by atoms with E-state index in [0.717, 1.165) is 48.0 Å². The van der Waals surface area contributed by atoms with E-state index >= 15 is 0 Å². The number of hydrogen-bond acceptors (Lipinski definition) is 6. The Balaban J connectivity index is 1.39. The molecule has 0 aliphatic heterocycles. The molecular weight excluding hydrogens is 410 g/mol. The first-order valence-corrected chi connectivity index (χ1v) is 12.0. The maximum atomic E-state index is 12.8. The standard InChI is InChI=1S/C24H31N3O3S/c1-2-12-27(13-18(28)16-30-15-17-8-4-3-5-9-17)14-21-25-23(29)22-19-10-6-7-11-20(19)31-24(22)26-21/h3-5,8-9,18,28H,2,6-7,10-16H2,1H3,(H,25,26,29). The van der Waals surface area contributed by atoms with Crippen molar-refractivity contribution in [3.8, 4) is 0 Å². The number of aromatic amines is 1. The largest absolute Gasteiger partial charge is 0.389 e. The van der Waals surface area contributed by atoms with Crippen LogP contribution in [0.4, 0.5) is 0 Å². The average molecular weight is 442 g/mol. The van der Waals surface area contributed by atoms with Crippen LogP contribution < -0.4 is 5.56 Å². The van der Waals surface area contributed by atoms with E-state index in [0.29, 0.717) is 25.5 Å². The van der Waals surface area contributed by atoms with Gasteiger partial charge in [0.25, 0.3) is 5.56 Å². The minimum Gasteiger partial charge on any atom is -0.389 e. The minimum atomic E-state index is -0.597. The molecule has 2 N–H and O–H groups in total. The summed E-state index contributed by atoms with van der Waals surface area (Å²) in [4.78, 5) is 24.9. The van der Waals surface area contributed by atoms with Gasteiger partial charge in [0.1, 0.15) is 10.7 Å². The van der Waals surface area contributed by atoms with Crippen LogP contribution in [0, 0.1) is 0 Å². The van der Waals surface area contributed by atoms with Crippen molar-refractivity contribution in [2.45, 2.75) is 58.3 Å². The van der Waals surface area contributed by atoms with Gasteiger partial charge < -0.3 is 14.8 Å². The lowest BCUT2D eigenvalue weighted by molar-refractivity contribution is 0.00820. The molecule has 31 heavy (non-hydrogen) atoms. The molecule has 1 aliphatic carbocycles. The Morgan fingerprint density at radius 2 is 2.06 bits per heavy atom. The van der Waals surface area contributed by atoms with Gasteiger partial charge in [0.2, 0.25) is 0 Å². The summed E-state index contributed by atoms with van der Waals surface area (Å²) in [5, 5.41) is 11.3. The van der Waals surface area contributed by atoms with Gasteiger partial charge in [0.05, 0.1) is 31.2 Å². The van der Waals surface area contributed by atoms with Crippen molar-refractivity contribution in [1.82, 2.24) is 14.9 Å². The highest BCUT2D eigenvalue weighted by molar-refractivity contribution is 7.18. The van der Waals surface area contributed by atoms with Crippen molar-refractivity contribution in [2.75, 3.05) is 19.7 Å². The number of thiophene rings is 1. The predicted octanol–water partition coefficient (Wildman–Crippen LogP) is 3.65. The maximum absolute atomic E-state index is 12.8. The first-order chi connectivity index (χ1) is 15.1. The zero-order chi connectivity index (χ0) is 21.6. The number of rotatable bonds is 10. The van der Waals surface area contributed by atoms with Gasteiger partial charge in [-0.1, -0.05) is 37.3 Å². The lowest BCUT2D eigenvalue weighted by Crippen LogP contribution is -2.36. The fourth-order valence-electron chi connectivity index (χ4n) is 4.28. The van der Waals surface area contributed by atoms with Gasteiger partial charge in [0.15, 0.2) is 0 Å². The van der Waals surface area contributed by atoms with Crippen LogP contribution in [-0.4, -0.2) is 45.8 Å². The second kappa shape index (κ2) is 10.5. The summed E-state index contributed by atoms with van der Waals surface area (Å²) >= 11 is 1.67. The molecule has 3 aromatic rings. The van der Waals surface area contributed by atoms with Crippen molar-refractivity contribution in [3.63, 3.8) is 0 Å². The molecule has 0 amide bonds. The zero-order valence-corrected chi connectivity index (χ0v) is 18.9. The summed E-state index contributed by atoms with van der Waals surface area (Å²) in [5.41, 5.74) is 2.28. The number of aliphatic hydroxyl groups excluding tert-OH is 1. The molecule has 2 aromatic heterocycles. The molecule has 1 aromatic carbocycles. The number of fused-ring (bicyclic) bond motifs is 3. The average Bonchev–Trinajstić information content (AvgIpc) is 3.13. The monoisotopic (exact) mass is 441 g/mol. The second-order valence-corrected chi connectivity index (χ2v) is 9.38. The summed E-state index contributed by atoms with van der Waals surface area (Å²) in [6.07, 6.45) is 4.74. The third-order valence-electron chi connectivity index (χ3n) is 5.68. The number of aliphatic hydroxyl groups is 1. The fourth-order valence-corrected chi connectivity index (χ4v) is 5.56. The summed E-state index contributed by atoms with van der Waals surface area (Å²) in [6, 6.07) is 9.95. The number of benzene rings is 1. The molecule has 0 spiro atoms. The first kappa shape index (κ1) is 22.1. The highest BCUT2D eigenvalue weighted by Crippen LogP contribution is 2.33. The Bertz CT molecular complexity index is 1050.